The van der Waals surface area contributed by atoms with Crippen LogP contribution < -0.4 is 15.5 Å². The molecule has 0 saturated heterocycles. The van der Waals surface area contributed by atoms with Gasteiger partial charge in [-0.25, -0.2) is 15.0 Å². The van der Waals surface area contributed by atoms with Crippen molar-refractivity contribution < 1.29 is 4.74 Å². The lowest BCUT2D eigenvalue weighted by atomic mass is 10.2. The molecule has 3 rings (SSSR count). The summed E-state index contributed by atoms with van der Waals surface area (Å²) >= 11 is 3.43. The van der Waals surface area contributed by atoms with Gasteiger partial charge in [0.2, 0.25) is 5.88 Å². The van der Waals surface area contributed by atoms with Crippen LogP contribution in [-0.4, -0.2) is 34.5 Å². The molecule has 0 aliphatic heterocycles. The van der Waals surface area contributed by atoms with Crippen molar-refractivity contribution in [2.75, 3.05) is 17.9 Å². The van der Waals surface area contributed by atoms with Gasteiger partial charge in [0, 0.05) is 34.2 Å². The molecule has 3 N–H and O–H groups in total. The second kappa shape index (κ2) is 8.86. The summed E-state index contributed by atoms with van der Waals surface area (Å²) in [5, 5.41) is 15.0. The molecule has 136 valence electrons. The number of rotatable bonds is 7. The third-order valence-corrected chi connectivity index (χ3v) is 3.96. The molecule has 3 aromatic rings. The molecule has 0 unspecified atom stereocenters. The second-order valence-electron chi connectivity index (χ2n) is 5.27. The maximum atomic E-state index is 7.71. The van der Waals surface area contributed by atoms with Crippen LogP contribution >= 0.6 is 15.9 Å². The average Bonchev–Trinajstić information content (AvgIpc) is 2.69. The Morgan fingerprint density at radius 2 is 2.00 bits per heavy atom. The Balaban J connectivity index is 1.77. The first-order chi connectivity index (χ1) is 13.2. The van der Waals surface area contributed by atoms with E-state index < -0.39 is 0 Å². The zero-order valence-corrected chi connectivity index (χ0v) is 15.9. The van der Waals surface area contributed by atoms with E-state index in [1.54, 1.807) is 25.6 Å². The third kappa shape index (κ3) is 4.85. The molecule has 27 heavy (non-hydrogen) atoms. The molecule has 0 aliphatic carbocycles. The van der Waals surface area contributed by atoms with E-state index in [0.717, 1.165) is 15.7 Å². The molecule has 1 aromatic carbocycles. The molecule has 2 heterocycles. The number of anilines is 3. The predicted molar refractivity (Wildman–Crippen MR) is 109 cm³/mol. The average molecular weight is 426 g/mol. The number of nitrogens with zero attached hydrogens (tertiary/aromatic N) is 4. The fraction of sp³-hybridized carbons (Fsp3) is 0.0556. The van der Waals surface area contributed by atoms with Crippen LogP contribution in [0.4, 0.5) is 17.3 Å². The summed E-state index contributed by atoms with van der Waals surface area (Å²) in [4.78, 5) is 12.5. The molecular formula is C18H16BrN7O. The Morgan fingerprint density at radius 3 is 2.70 bits per heavy atom. The number of ether oxygens (including phenoxy) is 1. The van der Waals surface area contributed by atoms with Gasteiger partial charge in [-0.15, -0.1) is 0 Å². The first-order valence-corrected chi connectivity index (χ1v) is 8.66. The van der Waals surface area contributed by atoms with Crippen LogP contribution in [-0.2, 0) is 0 Å². The van der Waals surface area contributed by atoms with Gasteiger partial charge in [0.05, 0.1) is 18.9 Å². The number of pyridine rings is 1. The zero-order valence-electron chi connectivity index (χ0n) is 14.3. The minimum atomic E-state index is 0.412. The van der Waals surface area contributed by atoms with Crippen molar-refractivity contribution in [3.63, 3.8) is 0 Å². The topological polar surface area (TPSA) is 108 Å². The smallest absolute Gasteiger partial charge is 0.212 e. The van der Waals surface area contributed by atoms with Crippen LogP contribution in [0.15, 0.2) is 58.5 Å². The maximum absolute atomic E-state index is 7.71. The number of aromatic nitrogens is 3. The molecule has 0 bridgehead atoms. The van der Waals surface area contributed by atoms with Gasteiger partial charge in [-0.05, 0) is 24.3 Å². The standard InChI is InChI=1S/C18H16BrN7O/c1-27-16-6-5-12(9-21-16)10-24-26-18-15(8-20)17(22-11-23-18)25-14-4-2-3-13(19)7-14/h2-11,20H,1H3,(H2,22,23,25,26)/b20-8?,24-10+. The lowest BCUT2D eigenvalue weighted by molar-refractivity contribution is 0.398. The summed E-state index contributed by atoms with van der Waals surface area (Å²) in [6.45, 7) is 0. The Hall–Kier alpha value is -3.33. The van der Waals surface area contributed by atoms with Crippen LogP contribution in [0, 0.1) is 5.41 Å². The molecule has 2 aromatic heterocycles. The normalized spacial score (nSPS) is 10.6. The van der Waals surface area contributed by atoms with E-state index in [2.05, 4.69) is 46.7 Å². The van der Waals surface area contributed by atoms with E-state index in [0.29, 0.717) is 23.1 Å². The van der Waals surface area contributed by atoms with Gasteiger partial charge in [-0.3, -0.25) is 5.43 Å². The van der Waals surface area contributed by atoms with Crippen molar-refractivity contribution in [1.82, 2.24) is 15.0 Å². The monoisotopic (exact) mass is 425 g/mol. The quantitative estimate of drug-likeness (QED) is 0.392. The Labute approximate surface area is 164 Å². The SMILES string of the molecule is COc1ccc(/C=N/Nc2ncnc(Nc3cccc(Br)c3)c2C=N)cn1. The minimum Gasteiger partial charge on any atom is -0.481 e. The van der Waals surface area contributed by atoms with E-state index in [-0.39, 0.29) is 0 Å². The van der Waals surface area contributed by atoms with Crippen LogP contribution in [0.1, 0.15) is 11.1 Å². The highest BCUT2D eigenvalue weighted by molar-refractivity contribution is 9.10. The number of hydrogen-bond acceptors (Lipinski definition) is 8. The summed E-state index contributed by atoms with van der Waals surface area (Å²) < 4.78 is 5.96. The van der Waals surface area contributed by atoms with Crippen molar-refractivity contribution in [2.45, 2.75) is 0 Å². The van der Waals surface area contributed by atoms with Gasteiger partial charge in [-0.1, -0.05) is 22.0 Å². The van der Waals surface area contributed by atoms with E-state index >= 15 is 0 Å². The molecule has 0 spiro atoms. The Kier molecular flexibility index (Phi) is 6.06. The van der Waals surface area contributed by atoms with Gasteiger partial charge in [0.1, 0.15) is 12.1 Å². The van der Waals surface area contributed by atoms with E-state index in [1.165, 1.54) is 12.5 Å². The number of methoxy groups -OCH3 is 1. The van der Waals surface area contributed by atoms with Gasteiger partial charge in [-0.2, -0.15) is 5.10 Å². The van der Waals surface area contributed by atoms with E-state index in [9.17, 15) is 0 Å². The van der Waals surface area contributed by atoms with E-state index in [4.69, 9.17) is 10.1 Å². The van der Waals surface area contributed by atoms with Gasteiger partial charge in [0.15, 0.2) is 5.82 Å². The first kappa shape index (κ1) is 18.5. The molecule has 0 atom stereocenters. The molecule has 0 radical (unpaired) electrons. The lowest BCUT2D eigenvalue weighted by Gasteiger charge is -2.11. The number of halogens is 1. The second-order valence-corrected chi connectivity index (χ2v) is 6.18. The van der Waals surface area contributed by atoms with Crippen LogP contribution in [0.3, 0.4) is 0 Å². The number of nitrogens with one attached hydrogen (secondary N) is 3. The summed E-state index contributed by atoms with van der Waals surface area (Å²) in [6.07, 6.45) is 5.82. The molecule has 0 aliphatic rings. The van der Waals surface area contributed by atoms with Gasteiger partial charge < -0.3 is 15.5 Å². The molecule has 0 saturated carbocycles. The highest BCUT2D eigenvalue weighted by Crippen LogP contribution is 2.23. The fourth-order valence-electron chi connectivity index (χ4n) is 2.18. The Bertz CT molecular complexity index is 960. The highest BCUT2D eigenvalue weighted by Gasteiger charge is 2.09. The molecular weight excluding hydrogens is 410 g/mol. The van der Waals surface area contributed by atoms with Crippen LogP contribution in [0.25, 0.3) is 0 Å². The Morgan fingerprint density at radius 1 is 1.15 bits per heavy atom. The minimum absolute atomic E-state index is 0.412. The summed E-state index contributed by atoms with van der Waals surface area (Å²) in [6, 6.07) is 11.2. The third-order valence-electron chi connectivity index (χ3n) is 3.47. The molecule has 0 fully saturated rings. The molecule has 9 heteroatoms. The van der Waals surface area contributed by atoms with Gasteiger partial charge >= 0.3 is 0 Å². The molecule has 8 nitrogen and oxygen atoms in total. The van der Waals surface area contributed by atoms with Crippen molar-refractivity contribution in [3.8, 4) is 5.88 Å². The highest BCUT2D eigenvalue weighted by atomic mass is 79.9. The lowest BCUT2D eigenvalue weighted by Crippen LogP contribution is -2.05. The fourth-order valence-corrected chi connectivity index (χ4v) is 2.58. The number of hydrazone groups is 1. The number of hydrogen-bond donors (Lipinski definition) is 3. The zero-order chi connectivity index (χ0) is 19.1. The predicted octanol–water partition coefficient (Wildman–Crippen LogP) is 3.83. The van der Waals surface area contributed by atoms with Crippen molar-refractivity contribution >= 4 is 45.7 Å². The van der Waals surface area contributed by atoms with Gasteiger partial charge in [0.25, 0.3) is 0 Å². The largest absolute Gasteiger partial charge is 0.481 e. The van der Waals surface area contributed by atoms with Crippen molar-refractivity contribution in [1.29, 1.82) is 5.41 Å². The van der Waals surface area contributed by atoms with Crippen molar-refractivity contribution in [3.05, 3.63) is 64.5 Å². The number of benzene rings is 1. The van der Waals surface area contributed by atoms with Crippen molar-refractivity contribution in [2.24, 2.45) is 5.10 Å². The van der Waals surface area contributed by atoms with Crippen LogP contribution in [0.5, 0.6) is 5.88 Å². The summed E-state index contributed by atoms with van der Waals surface area (Å²) in [5.74, 6) is 1.45. The first-order valence-electron chi connectivity index (χ1n) is 7.87. The summed E-state index contributed by atoms with van der Waals surface area (Å²) in [7, 11) is 1.56. The molecule has 0 amide bonds. The maximum Gasteiger partial charge on any atom is 0.212 e. The summed E-state index contributed by atoms with van der Waals surface area (Å²) in [5.41, 5.74) is 4.96. The van der Waals surface area contributed by atoms with Crippen LogP contribution in [0.2, 0.25) is 0 Å². The van der Waals surface area contributed by atoms with E-state index in [1.807, 2.05) is 30.3 Å².